The fourth-order valence-corrected chi connectivity index (χ4v) is 3.52. The molecule has 0 aliphatic heterocycles. The lowest BCUT2D eigenvalue weighted by Gasteiger charge is -2.10. The standard InChI is InChI=1S/C16H10Cl2O4S/c1-23(21,22)9-2-3-10-8(4-9)5-13(16(19)20)12-7-15(18)14(17)6-11(10)12/h2-7H,1H3,(H,19,20). The van der Waals surface area contributed by atoms with Crippen LogP contribution in [0.25, 0.3) is 21.5 Å². The first-order chi connectivity index (χ1) is 10.7. The Morgan fingerprint density at radius 2 is 1.57 bits per heavy atom. The molecule has 0 aliphatic rings. The number of sulfone groups is 1. The lowest BCUT2D eigenvalue weighted by molar-refractivity contribution is 0.0699. The fourth-order valence-electron chi connectivity index (χ4n) is 2.54. The number of halogens is 2. The zero-order valence-electron chi connectivity index (χ0n) is 11.8. The van der Waals surface area contributed by atoms with E-state index in [9.17, 15) is 18.3 Å². The van der Waals surface area contributed by atoms with Crippen LogP contribution in [0, 0.1) is 0 Å². The molecule has 118 valence electrons. The molecule has 1 N–H and O–H groups in total. The monoisotopic (exact) mass is 368 g/mol. The van der Waals surface area contributed by atoms with E-state index in [2.05, 4.69) is 0 Å². The Hall–Kier alpha value is -1.82. The summed E-state index contributed by atoms with van der Waals surface area (Å²) in [6.07, 6.45) is 1.10. The topological polar surface area (TPSA) is 71.4 Å². The highest BCUT2D eigenvalue weighted by Gasteiger charge is 2.16. The molecule has 0 radical (unpaired) electrons. The zero-order chi connectivity index (χ0) is 16.9. The third-order valence-electron chi connectivity index (χ3n) is 3.62. The number of carboxylic acid groups (broad SMARTS) is 1. The molecule has 0 unspecified atom stereocenters. The van der Waals surface area contributed by atoms with Crippen molar-refractivity contribution < 1.29 is 18.3 Å². The minimum atomic E-state index is -3.39. The van der Waals surface area contributed by atoms with E-state index >= 15 is 0 Å². The summed E-state index contributed by atoms with van der Waals surface area (Å²) in [6.45, 7) is 0. The van der Waals surface area contributed by atoms with E-state index in [1.54, 1.807) is 12.1 Å². The van der Waals surface area contributed by atoms with Gasteiger partial charge in [-0.3, -0.25) is 0 Å². The molecular weight excluding hydrogens is 359 g/mol. The predicted molar refractivity (Wildman–Crippen MR) is 91.5 cm³/mol. The first-order valence-corrected chi connectivity index (χ1v) is 9.12. The van der Waals surface area contributed by atoms with Crippen LogP contribution in [0.4, 0.5) is 0 Å². The molecule has 0 saturated heterocycles. The summed E-state index contributed by atoms with van der Waals surface area (Å²) < 4.78 is 23.4. The van der Waals surface area contributed by atoms with Gasteiger partial charge in [-0.25, -0.2) is 13.2 Å². The largest absolute Gasteiger partial charge is 0.478 e. The number of fused-ring (bicyclic) bond motifs is 3. The molecule has 0 fully saturated rings. The number of hydrogen-bond donors (Lipinski definition) is 1. The lowest BCUT2D eigenvalue weighted by Crippen LogP contribution is -2.00. The van der Waals surface area contributed by atoms with Gasteiger partial charge in [0.1, 0.15) is 0 Å². The Bertz CT molecular complexity index is 1090. The zero-order valence-corrected chi connectivity index (χ0v) is 14.1. The molecule has 0 amide bonds. The Balaban J connectivity index is 2.53. The Morgan fingerprint density at radius 3 is 2.13 bits per heavy atom. The highest BCUT2D eigenvalue weighted by Crippen LogP contribution is 2.35. The Labute approximate surface area is 142 Å². The quantitative estimate of drug-likeness (QED) is 0.680. The molecule has 0 aliphatic carbocycles. The molecule has 0 spiro atoms. The molecule has 0 saturated carbocycles. The number of benzene rings is 3. The molecule has 4 nitrogen and oxygen atoms in total. The average Bonchev–Trinajstić information content (AvgIpc) is 2.46. The summed E-state index contributed by atoms with van der Waals surface area (Å²) in [5, 5.41) is 12.3. The predicted octanol–water partition coefficient (Wildman–Crippen LogP) is 4.40. The lowest BCUT2D eigenvalue weighted by atomic mass is 9.97. The van der Waals surface area contributed by atoms with Crippen molar-refractivity contribution in [1.29, 1.82) is 0 Å². The van der Waals surface area contributed by atoms with Crippen LogP contribution in [0.2, 0.25) is 10.0 Å². The summed E-state index contributed by atoms with van der Waals surface area (Å²) >= 11 is 12.0. The highest BCUT2D eigenvalue weighted by molar-refractivity contribution is 7.90. The van der Waals surface area contributed by atoms with Gasteiger partial charge in [0.15, 0.2) is 9.84 Å². The van der Waals surface area contributed by atoms with Crippen LogP contribution in [0.3, 0.4) is 0 Å². The van der Waals surface area contributed by atoms with Crippen LogP contribution in [-0.4, -0.2) is 25.7 Å². The number of hydrogen-bond acceptors (Lipinski definition) is 3. The SMILES string of the molecule is CS(=O)(=O)c1ccc2c(c1)cc(C(=O)O)c1cc(Cl)c(Cl)cc12. The van der Waals surface area contributed by atoms with Gasteiger partial charge in [-0.05, 0) is 51.9 Å². The van der Waals surface area contributed by atoms with Gasteiger partial charge < -0.3 is 5.11 Å². The van der Waals surface area contributed by atoms with Gasteiger partial charge in [0, 0.05) is 6.26 Å². The summed E-state index contributed by atoms with van der Waals surface area (Å²) in [7, 11) is -3.39. The van der Waals surface area contributed by atoms with Crippen molar-refractivity contribution in [3.63, 3.8) is 0 Å². The van der Waals surface area contributed by atoms with Crippen LogP contribution < -0.4 is 0 Å². The van der Waals surface area contributed by atoms with Gasteiger partial charge in [0.05, 0.1) is 20.5 Å². The normalized spacial score (nSPS) is 12.0. The highest BCUT2D eigenvalue weighted by atomic mass is 35.5. The molecule has 0 atom stereocenters. The third-order valence-corrected chi connectivity index (χ3v) is 5.45. The Morgan fingerprint density at radius 1 is 0.957 bits per heavy atom. The van der Waals surface area contributed by atoms with Crippen LogP contribution in [0.1, 0.15) is 10.4 Å². The van der Waals surface area contributed by atoms with E-state index in [4.69, 9.17) is 23.2 Å². The van der Waals surface area contributed by atoms with E-state index in [0.717, 1.165) is 6.26 Å². The molecular formula is C16H10Cl2O4S. The molecule has 3 aromatic rings. The van der Waals surface area contributed by atoms with Crippen molar-refractivity contribution in [3.05, 3.63) is 52.0 Å². The first kappa shape index (κ1) is 16.1. The molecule has 0 heterocycles. The summed E-state index contributed by atoms with van der Waals surface area (Å²) in [4.78, 5) is 11.7. The van der Waals surface area contributed by atoms with Crippen molar-refractivity contribution in [2.45, 2.75) is 4.90 Å². The second kappa shape index (κ2) is 5.37. The number of carbonyl (C=O) groups is 1. The maximum atomic E-state index is 11.7. The van der Waals surface area contributed by atoms with Crippen LogP contribution in [0.5, 0.6) is 0 Å². The molecule has 7 heteroatoms. The molecule has 23 heavy (non-hydrogen) atoms. The van der Waals surface area contributed by atoms with Crippen LogP contribution >= 0.6 is 23.2 Å². The van der Waals surface area contributed by atoms with Crippen molar-refractivity contribution in [2.24, 2.45) is 0 Å². The molecule has 3 rings (SSSR count). The molecule has 0 bridgehead atoms. The second-order valence-corrected chi connectivity index (χ2v) is 8.03. The van der Waals surface area contributed by atoms with Gasteiger partial charge in [0.25, 0.3) is 0 Å². The average molecular weight is 369 g/mol. The van der Waals surface area contributed by atoms with Crippen molar-refractivity contribution in [3.8, 4) is 0 Å². The van der Waals surface area contributed by atoms with E-state index in [-0.39, 0.29) is 15.5 Å². The van der Waals surface area contributed by atoms with Crippen LogP contribution in [0.15, 0.2) is 41.3 Å². The minimum absolute atomic E-state index is 0.0386. The molecule has 3 aromatic carbocycles. The fraction of sp³-hybridized carbons (Fsp3) is 0.0625. The van der Waals surface area contributed by atoms with Gasteiger partial charge in [0.2, 0.25) is 0 Å². The Kier molecular flexibility index (Phi) is 3.75. The number of rotatable bonds is 2. The smallest absolute Gasteiger partial charge is 0.336 e. The van der Waals surface area contributed by atoms with Crippen molar-refractivity contribution >= 4 is 60.6 Å². The van der Waals surface area contributed by atoms with Gasteiger partial charge >= 0.3 is 5.97 Å². The minimum Gasteiger partial charge on any atom is -0.478 e. The van der Waals surface area contributed by atoms with E-state index in [1.807, 2.05) is 0 Å². The number of aromatic carboxylic acids is 1. The van der Waals surface area contributed by atoms with Crippen molar-refractivity contribution in [2.75, 3.05) is 6.26 Å². The summed E-state index contributed by atoms with van der Waals surface area (Å²) in [5.74, 6) is -1.12. The first-order valence-electron chi connectivity index (χ1n) is 6.47. The summed E-state index contributed by atoms with van der Waals surface area (Å²) in [5.41, 5.74) is 0.0386. The second-order valence-electron chi connectivity index (χ2n) is 5.20. The van der Waals surface area contributed by atoms with E-state index < -0.39 is 15.8 Å². The third kappa shape index (κ3) is 2.76. The van der Waals surface area contributed by atoms with E-state index in [1.165, 1.54) is 24.3 Å². The summed E-state index contributed by atoms with van der Waals surface area (Å²) in [6, 6.07) is 9.13. The van der Waals surface area contributed by atoms with E-state index in [0.29, 0.717) is 26.6 Å². The van der Waals surface area contributed by atoms with Crippen LogP contribution in [-0.2, 0) is 9.84 Å². The maximum Gasteiger partial charge on any atom is 0.336 e. The van der Waals surface area contributed by atoms with Gasteiger partial charge in [-0.15, -0.1) is 0 Å². The molecule has 0 aromatic heterocycles. The van der Waals surface area contributed by atoms with Gasteiger partial charge in [-0.1, -0.05) is 29.3 Å². The number of carboxylic acids is 1. The van der Waals surface area contributed by atoms with Gasteiger partial charge in [-0.2, -0.15) is 0 Å². The maximum absolute atomic E-state index is 11.7. The van der Waals surface area contributed by atoms with Crippen molar-refractivity contribution in [1.82, 2.24) is 0 Å².